The summed E-state index contributed by atoms with van der Waals surface area (Å²) in [6.45, 7) is 0. The molecule has 1 fully saturated rings. The lowest BCUT2D eigenvalue weighted by atomic mass is 10.1. The summed E-state index contributed by atoms with van der Waals surface area (Å²) in [6, 6.07) is 12.4. The van der Waals surface area contributed by atoms with Crippen molar-refractivity contribution in [2.24, 2.45) is 5.73 Å². The van der Waals surface area contributed by atoms with E-state index >= 15 is 0 Å². The largest absolute Gasteiger partial charge is 0.325 e. The highest BCUT2D eigenvalue weighted by atomic mass is 14.8. The Morgan fingerprint density at radius 1 is 1.13 bits per heavy atom. The van der Waals surface area contributed by atoms with Crippen LogP contribution in [-0.4, -0.2) is 10.5 Å². The van der Waals surface area contributed by atoms with E-state index in [0.29, 0.717) is 0 Å². The van der Waals surface area contributed by atoms with E-state index in [1.165, 1.54) is 5.39 Å². The van der Waals surface area contributed by atoms with Crippen LogP contribution in [0.5, 0.6) is 0 Å². The van der Waals surface area contributed by atoms with Gasteiger partial charge in [-0.25, -0.2) is 0 Å². The molecule has 0 saturated heterocycles. The van der Waals surface area contributed by atoms with Crippen LogP contribution in [-0.2, 0) is 6.42 Å². The van der Waals surface area contributed by atoms with Gasteiger partial charge in [0.2, 0.25) is 0 Å². The van der Waals surface area contributed by atoms with Crippen LogP contribution in [0.2, 0.25) is 0 Å². The van der Waals surface area contributed by atoms with Crippen LogP contribution in [0, 0.1) is 0 Å². The second-order valence-corrected chi connectivity index (χ2v) is 4.53. The van der Waals surface area contributed by atoms with Crippen molar-refractivity contribution >= 4 is 10.9 Å². The average molecular weight is 198 g/mol. The van der Waals surface area contributed by atoms with Gasteiger partial charge in [0.1, 0.15) is 0 Å². The number of fused-ring (bicyclic) bond motifs is 1. The third-order valence-corrected chi connectivity index (χ3v) is 3.08. The predicted molar refractivity (Wildman–Crippen MR) is 61.6 cm³/mol. The molecule has 1 aromatic carbocycles. The van der Waals surface area contributed by atoms with Crippen LogP contribution in [0.4, 0.5) is 0 Å². The van der Waals surface area contributed by atoms with Crippen molar-refractivity contribution in [2.75, 3.05) is 0 Å². The third-order valence-electron chi connectivity index (χ3n) is 3.08. The Kier molecular flexibility index (Phi) is 1.80. The molecule has 15 heavy (non-hydrogen) atoms. The first-order valence-electron chi connectivity index (χ1n) is 5.39. The highest BCUT2D eigenvalue weighted by molar-refractivity contribution is 5.78. The van der Waals surface area contributed by atoms with Crippen molar-refractivity contribution in [3.8, 4) is 0 Å². The molecule has 0 aliphatic heterocycles. The molecule has 1 aliphatic rings. The second kappa shape index (κ2) is 3.04. The van der Waals surface area contributed by atoms with Crippen LogP contribution in [0.25, 0.3) is 10.9 Å². The minimum atomic E-state index is 0.0510. The summed E-state index contributed by atoms with van der Waals surface area (Å²) in [6.07, 6.45) is 3.20. The third kappa shape index (κ3) is 1.73. The monoisotopic (exact) mass is 198 g/mol. The first-order valence-corrected chi connectivity index (χ1v) is 5.39. The number of pyridine rings is 1. The normalized spacial score (nSPS) is 17.9. The van der Waals surface area contributed by atoms with Gasteiger partial charge in [-0.2, -0.15) is 0 Å². The molecule has 1 aromatic heterocycles. The van der Waals surface area contributed by atoms with Crippen LogP contribution in [0.15, 0.2) is 36.4 Å². The summed E-state index contributed by atoms with van der Waals surface area (Å²) in [4.78, 5) is 4.62. The minimum absolute atomic E-state index is 0.0510. The standard InChI is InChI=1S/C13H14N2/c14-13(7-8-13)9-11-6-5-10-3-1-2-4-12(10)15-11/h1-6H,7-9,14H2. The molecule has 76 valence electrons. The Bertz CT molecular complexity index is 501. The highest BCUT2D eigenvalue weighted by Crippen LogP contribution is 2.35. The van der Waals surface area contributed by atoms with Gasteiger partial charge in [-0.15, -0.1) is 0 Å². The van der Waals surface area contributed by atoms with Crippen molar-refractivity contribution in [1.29, 1.82) is 0 Å². The number of benzene rings is 1. The van der Waals surface area contributed by atoms with Gasteiger partial charge in [0.15, 0.2) is 0 Å². The van der Waals surface area contributed by atoms with Crippen molar-refractivity contribution in [1.82, 2.24) is 4.98 Å². The molecule has 0 amide bonds. The van der Waals surface area contributed by atoms with E-state index in [1.807, 2.05) is 12.1 Å². The molecule has 2 heteroatoms. The van der Waals surface area contributed by atoms with E-state index in [0.717, 1.165) is 30.5 Å². The first-order chi connectivity index (χ1) is 7.25. The maximum absolute atomic E-state index is 6.08. The molecule has 3 rings (SSSR count). The van der Waals surface area contributed by atoms with Crippen LogP contribution in [0.1, 0.15) is 18.5 Å². The summed E-state index contributed by atoms with van der Waals surface area (Å²) in [5.74, 6) is 0. The van der Waals surface area contributed by atoms with Crippen molar-refractivity contribution < 1.29 is 0 Å². The fourth-order valence-electron chi connectivity index (χ4n) is 1.90. The molecular weight excluding hydrogens is 184 g/mol. The van der Waals surface area contributed by atoms with Crippen LogP contribution in [0.3, 0.4) is 0 Å². The highest BCUT2D eigenvalue weighted by Gasteiger charge is 2.38. The van der Waals surface area contributed by atoms with Gasteiger partial charge in [-0.05, 0) is 25.0 Å². The molecule has 0 atom stereocenters. The van der Waals surface area contributed by atoms with Gasteiger partial charge < -0.3 is 5.73 Å². The number of rotatable bonds is 2. The van der Waals surface area contributed by atoms with E-state index in [-0.39, 0.29) is 5.54 Å². The number of aromatic nitrogens is 1. The Morgan fingerprint density at radius 3 is 2.73 bits per heavy atom. The fraction of sp³-hybridized carbons (Fsp3) is 0.308. The zero-order valence-electron chi connectivity index (χ0n) is 8.61. The molecular formula is C13H14N2. The molecule has 0 radical (unpaired) electrons. The number of nitrogens with zero attached hydrogens (tertiary/aromatic N) is 1. The molecule has 2 N–H and O–H groups in total. The number of hydrogen-bond acceptors (Lipinski definition) is 2. The summed E-state index contributed by atoms with van der Waals surface area (Å²) in [5, 5.41) is 1.20. The number of para-hydroxylation sites is 1. The van der Waals surface area contributed by atoms with E-state index < -0.39 is 0 Å². The number of nitrogens with two attached hydrogens (primary N) is 1. The second-order valence-electron chi connectivity index (χ2n) is 4.53. The Balaban J connectivity index is 1.99. The van der Waals surface area contributed by atoms with Gasteiger partial charge >= 0.3 is 0 Å². The first kappa shape index (κ1) is 8.86. The fourth-order valence-corrected chi connectivity index (χ4v) is 1.90. The molecule has 0 spiro atoms. The maximum atomic E-state index is 6.08. The molecule has 2 nitrogen and oxygen atoms in total. The Labute approximate surface area is 89.1 Å². The molecule has 1 saturated carbocycles. The molecule has 1 heterocycles. The SMILES string of the molecule is NC1(Cc2ccc3ccccc3n2)CC1. The molecule has 0 bridgehead atoms. The summed E-state index contributed by atoms with van der Waals surface area (Å²) in [5.41, 5.74) is 8.32. The molecule has 1 aliphatic carbocycles. The summed E-state index contributed by atoms with van der Waals surface area (Å²) >= 11 is 0. The predicted octanol–water partition coefficient (Wildman–Crippen LogP) is 2.27. The van der Waals surface area contributed by atoms with Crippen LogP contribution >= 0.6 is 0 Å². The van der Waals surface area contributed by atoms with Gasteiger partial charge in [0.25, 0.3) is 0 Å². The molecule has 0 unspecified atom stereocenters. The zero-order chi connectivity index (χ0) is 10.3. The Hall–Kier alpha value is -1.41. The van der Waals surface area contributed by atoms with Crippen LogP contribution < -0.4 is 5.73 Å². The van der Waals surface area contributed by atoms with Gasteiger partial charge in [0, 0.05) is 23.0 Å². The van der Waals surface area contributed by atoms with E-state index in [2.05, 4.69) is 29.2 Å². The Morgan fingerprint density at radius 2 is 1.93 bits per heavy atom. The van der Waals surface area contributed by atoms with Crippen molar-refractivity contribution in [3.05, 3.63) is 42.1 Å². The topological polar surface area (TPSA) is 38.9 Å². The van der Waals surface area contributed by atoms with Gasteiger partial charge in [-0.3, -0.25) is 4.98 Å². The lowest BCUT2D eigenvalue weighted by Crippen LogP contribution is -2.24. The lowest BCUT2D eigenvalue weighted by molar-refractivity contribution is 0.661. The van der Waals surface area contributed by atoms with E-state index in [9.17, 15) is 0 Å². The summed E-state index contributed by atoms with van der Waals surface area (Å²) < 4.78 is 0. The average Bonchev–Trinajstić information content (AvgIpc) is 2.96. The van der Waals surface area contributed by atoms with E-state index in [1.54, 1.807) is 0 Å². The smallest absolute Gasteiger partial charge is 0.0705 e. The van der Waals surface area contributed by atoms with E-state index in [4.69, 9.17) is 5.73 Å². The lowest BCUT2D eigenvalue weighted by Gasteiger charge is -2.08. The van der Waals surface area contributed by atoms with Gasteiger partial charge in [0.05, 0.1) is 5.52 Å². The summed E-state index contributed by atoms with van der Waals surface area (Å²) in [7, 11) is 0. The minimum Gasteiger partial charge on any atom is -0.325 e. The van der Waals surface area contributed by atoms with Crippen molar-refractivity contribution in [2.45, 2.75) is 24.8 Å². The maximum Gasteiger partial charge on any atom is 0.0705 e. The molecule has 2 aromatic rings. The quantitative estimate of drug-likeness (QED) is 0.804. The van der Waals surface area contributed by atoms with Gasteiger partial charge in [-0.1, -0.05) is 24.3 Å². The zero-order valence-corrected chi connectivity index (χ0v) is 8.61. The number of hydrogen-bond donors (Lipinski definition) is 1. The van der Waals surface area contributed by atoms with Crippen molar-refractivity contribution in [3.63, 3.8) is 0 Å².